The van der Waals surface area contributed by atoms with Crippen molar-refractivity contribution in [3.63, 3.8) is 0 Å². The number of carbonyl (C=O) groups is 1. The first-order valence-corrected chi connectivity index (χ1v) is 11.0. The molecule has 0 aliphatic carbocycles. The summed E-state index contributed by atoms with van der Waals surface area (Å²) in [5, 5.41) is 11.8. The standard InChI is InChI=1S/C23H25FINO4/c24-19-7-3-16(4-8-19)15-26-23(28)21-13-18(17-5-9-20(25)10-6-17)14-22(30-21)29-12-2-1-11-27/h3-10,13,18,22,27H,1-2,11-12,14-15H2,(H,26,28)/t18-,22+/m1/s1. The van der Waals surface area contributed by atoms with Crippen LogP contribution >= 0.6 is 22.6 Å². The maximum Gasteiger partial charge on any atom is 0.286 e. The summed E-state index contributed by atoms with van der Waals surface area (Å²) in [6, 6.07) is 14.1. The van der Waals surface area contributed by atoms with E-state index in [1.54, 1.807) is 12.1 Å². The maximum atomic E-state index is 13.1. The molecule has 2 aromatic rings. The van der Waals surface area contributed by atoms with Crippen molar-refractivity contribution in [3.05, 3.63) is 80.9 Å². The van der Waals surface area contributed by atoms with E-state index in [9.17, 15) is 9.18 Å². The molecule has 0 fully saturated rings. The van der Waals surface area contributed by atoms with Gasteiger partial charge in [0.25, 0.3) is 5.91 Å². The molecule has 30 heavy (non-hydrogen) atoms. The number of hydrogen-bond donors (Lipinski definition) is 2. The molecule has 0 aromatic heterocycles. The van der Waals surface area contributed by atoms with Crippen molar-refractivity contribution < 1.29 is 23.8 Å². The number of carbonyl (C=O) groups excluding carboxylic acids is 1. The Hall–Kier alpha value is -1.97. The van der Waals surface area contributed by atoms with Crippen LogP contribution in [0.25, 0.3) is 0 Å². The van der Waals surface area contributed by atoms with Gasteiger partial charge in [-0.3, -0.25) is 4.79 Å². The number of halogens is 2. The number of ether oxygens (including phenoxy) is 2. The highest BCUT2D eigenvalue weighted by Crippen LogP contribution is 2.32. The molecule has 7 heteroatoms. The fraction of sp³-hybridized carbons (Fsp3) is 0.348. The third-order valence-corrected chi connectivity index (χ3v) is 5.52. The van der Waals surface area contributed by atoms with Crippen molar-refractivity contribution >= 4 is 28.5 Å². The first kappa shape index (κ1) is 22.7. The minimum absolute atomic E-state index is 0.00911. The van der Waals surface area contributed by atoms with Crippen LogP contribution in [0.15, 0.2) is 60.4 Å². The molecule has 0 radical (unpaired) electrons. The predicted octanol–water partition coefficient (Wildman–Crippen LogP) is 4.25. The number of nitrogens with one attached hydrogen (secondary N) is 1. The van der Waals surface area contributed by atoms with E-state index in [1.807, 2.05) is 30.3 Å². The van der Waals surface area contributed by atoms with E-state index in [1.165, 1.54) is 12.1 Å². The molecule has 2 atom stereocenters. The van der Waals surface area contributed by atoms with E-state index in [0.717, 1.165) is 21.1 Å². The van der Waals surface area contributed by atoms with Crippen LogP contribution in [-0.4, -0.2) is 30.5 Å². The van der Waals surface area contributed by atoms with E-state index in [-0.39, 0.29) is 36.6 Å². The molecule has 5 nitrogen and oxygen atoms in total. The molecule has 0 unspecified atom stereocenters. The fourth-order valence-electron chi connectivity index (χ4n) is 3.16. The van der Waals surface area contributed by atoms with Gasteiger partial charge in [-0.2, -0.15) is 0 Å². The molecule has 2 N–H and O–H groups in total. The molecule has 3 rings (SSSR count). The smallest absolute Gasteiger partial charge is 0.286 e. The highest BCUT2D eigenvalue weighted by atomic mass is 127. The van der Waals surface area contributed by atoms with Gasteiger partial charge in [0.2, 0.25) is 6.29 Å². The van der Waals surface area contributed by atoms with Gasteiger partial charge >= 0.3 is 0 Å². The SMILES string of the molecule is O=C(NCc1ccc(F)cc1)C1=C[C@@H](c2ccc(I)cc2)C[C@@H](OCCCCO)O1. The third-order valence-electron chi connectivity index (χ3n) is 4.80. The summed E-state index contributed by atoms with van der Waals surface area (Å²) in [7, 11) is 0. The van der Waals surface area contributed by atoms with Gasteiger partial charge in [-0.1, -0.05) is 24.3 Å². The first-order chi connectivity index (χ1) is 14.5. The molecule has 0 saturated heterocycles. The third kappa shape index (κ3) is 6.78. The number of allylic oxidation sites excluding steroid dienone is 1. The molecule has 1 amide bonds. The summed E-state index contributed by atoms with van der Waals surface area (Å²) in [6.07, 6.45) is 3.28. The van der Waals surface area contributed by atoms with Crippen molar-refractivity contribution in [1.29, 1.82) is 0 Å². The van der Waals surface area contributed by atoms with Crippen molar-refractivity contribution in [1.82, 2.24) is 5.32 Å². The second-order valence-electron chi connectivity index (χ2n) is 7.08. The lowest BCUT2D eigenvalue weighted by Crippen LogP contribution is -2.32. The molecule has 2 aromatic carbocycles. The van der Waals surface area contributed by atoms with Gasteiger partial charge < -0.3 is 19.9 Å². The Bertz CT molecular complexity index is 855. The number of aliphatic hydroxyl groups excluding tert-OH is 1. The van der Waals surface area contributed by atoms with Gasteiger partial charge in [0.1, 0.15) is 5.82 Å². The quantitative estimate of drug-likeness (QED) is 0.380. The Balaban J connectivity index is 1.68. The number of unbranched alkanes of at least 4 members (excludes halogenated alkanes) is 1. The molecule has 1 aliphatic rings. The van der Waals surface area contributed by atoms with Crippen LogP contribution in [0.3, 0.4) is 0 Å². The zero-order valence-corrected chi connectivity index (χ0v) is 18.7. The topological polar surface area (TPSA) is 67.8 Å². The number of rotatable bonds is 9. The van der Waals surface area contributed by atoms with Gasteiger partial charge in [0.05, 0.1) is 6.61 Å². The summed E-state index contributed by atoms with van der Waals surface area (Å²) < 4.78 is 25.8. The molecule has 0 spiro atoms. The van der Waals surface area contributed by atoms with E-state index < -0.39 is 6.29 Å². The van der Waals surface area contributed by atoms with Gasteiger partial charge in [-0.25, -0.2) is 4.39 Å². The van der Waals surface area contributed by atoms with Crippen LogP contribution in [-0.2, 0) is 20.8 Å². The predicted molar refractivity (Wildman–Crippen MR) is 120 cm³/mol. The lowest BCUT2D eigenvalue weighted by atomic mass is 9.93. The minimum Gasteiger partial charge on any atom is -0.459 e. The molecule has 1 heterocycles. The Labute approximate surface area is 189 Å². The molecule has 0 saturated carbocycles. The van der Waals surface area contributed by atoms with Gasteiger partial charge in [-0.15, -0.1) is 0 Å². The Kier molecular flexibility index (Phi) is 8.65. The second kappa shape index (κ2) is 11.4. The van der Waals surface area contributed by atoms with E-state index in [2.05, 4.69) is 27.9 Å². The number of benzene rings is 2. The van der Waals surface area contributed by atoms with E-state index in [4.69, 9.17) is 14.6 Å². The Morgan fingerprint density at radius 1 is 1.17 bits per heavy atom. The second-order valence-corrected chi connectivity index (χ2v) is 8.33. The minimum atomic E-state index is -0.537. The number of hydrogen-bond acceptors (Lipinski definition) is 4. The van der Waals surface area contributed by atoms with Gasteiger partial charge in [0.15, 0.2) is 5.76 Å². The van der Waals surface area contributed by atoms with E-state index >= 15 is 0 Å². The number of aliphatic hydroxyl groups is 1. The Morgan fingerprint density at radius 3 is 2.60 bits per heavy atom. The molecule has 160 valence electrons. The van der Waals surface area contributed by atoms with Crippen LogP contribution in [0.4, 0.5) is 4.39 Å². The van der Waals surface area contributed by atoms with Crippen LogP contribution in [0.2, 0.25) is 0 Å². The van der Waals surface area contributed by atoms with Gasteiger partial charge in [0, 0.05) is 29.1 Å². The summed E-state index contributed by atoms with van der Waals surface area (Å²) in [5.74, 6) is -0.437. The van der Waals surface area contributed by atoms with Crippen LogP contribution in [0.1, 0.15) is 36.3 Å². The number of amides is 1. The Morgan fingerprint density at radius 2 is 1.90 bits per heavy atom. The van der Waals surface area contributed by atoms with Crippen molar-refractivity contribution in [3.8, 4) is 0 Å². The van der Waals surface area contributed by atoms with Crippen LogP contribution in [0, 0.1) is 9.39 Å². The molecular weight excluding hydrogens is 500 g/mol. The normalized spacial score (nSPS) is 18.4. The highest BCUT2D eigenvalue weighted by molar-refractivity contribution is 14.1. The maximum absolute atomic E-state index is 13.1. The van der Waals surface area contributed by atoms with Crippen LogP contribution < -0.4 is 5.32 Å². The monoisotopic (exact) mass is 525 g/mol. The fourth-order valence-corrected chi connectivity index (χ4v) is 3.52. The van der Waals surface area contributed by atoms with Crippen molar-refractivity contribution in [2.75, 3.05) is 13.2 Å². The van der Waals surface area contributed by atoms with Crippen LogP contribution in [0.5, 0.6) is 0 Å². The van der Waals surface area contributed by atoms with Crippen molar-refractivity contribution in [2.24, 2.45) is 0 Å². The van der Waals surface area contributed by atoms with Crippen molar-refractivity contribution in [2.45, 2.75) is 38.0 Å². The lowest BCUT2D eigenvalue weighted by molar-refractivity contribution is -0.146. The lowest BCUT2D eigenvalue weighted by Gasteiger charge is -2.29. The average molecular weight is 525 g/mol. The van der Waals surface area contributed by atoms with Gasteiger partial charge in [-0.05, 0) is 76.9 Å². The highest BCUT2D eigenvalue weighted by Gasteiger charge is 2.28. The zero-order valence-electron chi connectivity index (χ0n) is 16.5. The summed E-state index contributed by atoms with van der Waals surface area (Å²) in [4.78, 5) is 12.7. The van der Waals surface area contributed by atoms with E-state index in [0.29, 0.717) is 19.4 Å². The summed E-state index contributed by atoms with van der Waals surface area (Å²) in [5.41, 5.74) is 1.89. The zero-order chi connectivity index (χ0) is 21.3. The first-order valence-electron chi connectivity index (χ1n) is 9.94. The molecule has 0 bridgehead atoms. The summed E-state index contributed by atoms with van der Waals surface area (Å²) >= 11 is 2.26. The molecule has 1 aliphatic heterocycles. The average Bonchev–Trinajstić information content (AvgIpc) is 2.76. The summed E-state index contributed by atoms with van der Waals surface area (Å²) in [6.45, 7) is 0.849. The largest absolute Gasteiger partial charge is 0.459 e. The molecular formula is C23H25FINO4.